The summed E-state index contributed by atoms with van der Waals surface area (Å²) in [4.78, 5) is 163. The number of aliphatic carboxylic acids is 1. The highest BCUT2D eigenvalue weighted by molar-refractivity contribution is 14.1. The number of aromatic hydroxyl groups is 1. The summed E-state index contributed by atoms with van der Waals surface area (Å²) >= 11 is 1.83. The second-order valence-electron chi connectivity index (χ2n) is 26.4. The zero-order valence-electron chi connectivity index (χ0n) is 59.6. The number of aliphatic hydroxyl groups is 3. The molecule has 5 aromatic carbocycles. The van der Waals surface area contributed by atoms with E-state index in [4.69, 9.17) is 11.5 Å². The fourth-order valence-electron chi connectivity index (χ4n) is 11.5. The van der Waals surface area contributed by atoms with E-state index in [-0.39, 0.29) is 61.9 Å². The van der Waals surface area contributed by atoms with Crippen LogP contribution in [0.15, 0.2) is 134 Å². The van der Waals surface area contributed by atoms with E-state index in [1.54, 1.807) is 103 Å². The van der Waals surface area contributed by atoms with Crippen molar-refractivity contribution in [1.82, 2.24) is 63.5 Å². The van der Waals surface area contributed by atoms with E-state index in [9.17, 15) is 59.1 Å². The molecular formula is C74H95IN14O16S2. The van der Waals surface area contributed by atoms with Crippen LogP contribution in [-0.2, 0) is 91.4 Å². The van der Waals surface area contributed by atoms with Crippen molar-refractivity contribution in [3.8, 4) is 5.75 Å². The van der Waals surface area contributed by atoms with E-state index in [1.165, 1.54) is 25.1 Å². The highest BCUT2D eigenvalue weighted by atomic mass is 125. The number of carbonyl (C=O) groups excluding carboxylic acids is 10. The van der Waals surface area contributed by atoms with Crippen molar-refractivity contribution in [1.29, 1.82) is 0 Å². The van der Waals surface area contributed by atoms with Gasteiger partial charge in [0, 0.05) is 73.3 Å². The predicted octanol–water partition coefficient (Wildman–Crippen LogP) is 0.0272. The molecule has 6 aromatic rings. The SMILES string of the molecule is CC(C)NCc1ccc(C[C@@H]2NC(=O)[C@@H](Cc3c[nH]c4ccccc34)NC(=O)[C@H](Cc3ccccc3)NC(=O)[C@H](Cc3ccccc3)NC(=O)[C@H](CCCCN)NC(=O)[C@@H](N)CSSC[C@@H](C(=O)O)NC(=O)[C@H](CO)NC(=O)[C@H]([C@@H](C)O)NC(=O)[C@H](Cc3ccc(O)c([125I])c3)NC(=O)[C@H]([C@@H](C)O)NC2=O)cc1. The summed E-state index contributed by atoms with van der Waals surface area (Å²) in [6.07, 6.45) is -2.30. The minimum Gasteiger partial charge on any atom is -0.507 e. The first-order valence-electron chi connectivity index (χ1n) is 35.0. The molecule has 10 amide bonds. The minimum atomic E-state index is -1.96. The molecule has 0 aliphatic carbocycles. The number of carbonyl (C=O) groups is 11. The number of halogens is 1. The number of phenolic OH excluding ortho intramolecular Hbond substituents is 1. The number of rotatable bonds is 21. The van der Waals surface area contributed by atoms with Gasteiger partial charge in [-0.15, -0.1) is 0 Å². The summed E-state index contributed by atoms with van der Waals surface area (Å²) in [5.41, 5.74) is 16.3. The van der Waals surface area contributed by atoms with Gasteiger partial charge in [-0.3, -0.25) is 47.9 Å². The lowest BCUT2D eigenvalue weighted by atomic mass is 9.99. The largest absolute Gasteiger partial charge is 0.507 e. The van der Waals surface area contributed by atoms with Crippen LogP contribution < -0.4 is 70.0 Å². The van der Waals surface area contributed by atoms with Crippen molar-refractivity contribution >= 4 is 120 Å². The zero-order valence-corrected chi connectivity index (χ0v) is 63.3. The van der Waals surface area contributed by atoms with Gasteiger partial charge in [-0.1, -0.05) is 145 Å². The first-order chi connectivity index (χ1) is 51.1. The molecule has 1 saturated heterocycles. The monoisotopic (exact) mass is 1620 g/mol. The summed E-state index contributed by atoms with van der Waals surface area (Å²) in [6, 6.07) is 17.9. The molecule has 1 fully saturated rings. The number of H-pyrrole nitrogens is 1. The molecule has 30 nitrogen and oxygen atoms in total. The maximum absolute atomic E-state index is 15.6. The summed E-state index contributed by atoms with van der Waals surface area (Å²) in [5.74, 6) is -12.4. The van der Waals surface area contributed by atoms with Crippen LogP contribution in [0.3, 0.4) is 0 Å². The van der Waals surface area contributed by atoms with Crippen molar-refractivity contribution in [3.05, 3.63) is 171 Å². The number of aromatic nitrogens is 1. The molecule has 21 N–H and O–H groups in total. The van der Waals surface area contributed by atoms with E-state index < -0.39 is 157 Å². The zero-order chi connectivity index (χ0) is 77.9. The summed E-state index contributed by atoms with van der Waals surface area (Å²) < 4.78 is 0.320. The van der Waals surface area contributed by atoms with Gasteiger partial charge < -0.3 is 100 Å². The van der Waals surface area contributed by atoms with Crippen LogP contribution in [0, 0.1) is 3.57 Å². The molecule has 0 saturated carbocycles. The summed E-state index contributed by atoms with van der Waals surface area (Å²) in [6.45, 7) is 5.82. The molecule has 576 valence electrons. The van der Waals surface area contributed by atoms with E-state index in [0.29, 0.717) is 61.7 Å². The number of hydrogen-bond acceptors (Lipinski definition) is 20. The maximum Gasteiger partial charge on any atom is 0.327 e. The van der Waals surface area contributed by atoms with Crippen LogP contribution in [0.5, 0.6) is 5.75 Å². The number of aliphatic hydroxyl groups excluding tert-OH is 3. The topological polar surface area (TPSA) is 489 Å². The van der Waals surface area contributed by atoms with Crippen molar-refractivity contribution in [2.75, 3.05) is 24.7 Å². The first kappa shape index (κ1) is 85.1. The number of hydrogen-bond donors (Lipinski definition) is 19. The molecule has 1 aliphatic heterocycles. The Morgan fingerprint density at radius 2 is 0.925 bits per heavy atom. The Balaban J connectivity index is 1.33. The fourth-order valence-corrected chi connectivity index (χ4v) is 14.3. The average Bonchev–Trinajstić information content (AvgIpc) is 1.76. The van der Waals surface area contributed by atoms with Crippen molar-refractivity contribution < 1.29 is 78.3 Å². The molecule has 0 radical (unpaired) electrons. The quantitative estimate of drug-likeness (QED) is 0.0257. The van der Waals surface area contributed by atoms with Crippen LogP contribution >= 0.6 is 44.2 Å². The van der Waals surface area contributed by atoms with Crippen molar-refractivity contribution in [2.45, 2.75) is 170 Å². The molecular weight excluding hydrogens is 1530 g/mol. The smallest absolute Gasteiger partial charge is 0.327 e. The third kappa shape index (κ3) is 26.6. The Labute approximate surface area is 640 Å². The van der Waals surface area contributed by atoms with Gasteiger partial charge in [0.1, 0.15) is 66.2 Å². The van der Waals surface area contributed by atoms with Gasteiger partial charge in [0.2, 0.25) is 59.1 Å². The third-order valence-electron chi connectivity index (χ3n) is 17.5. The molecule has 7 rings (SSSR count). The number of para-hydroxylation sites is 1. The Hall–Kier alpha value is -9.20. The van der Waals surface area contributed by atoms with Gasteiger partial charge in [-0.25, -0.2) is 4.79 Å². The molecule has 2 heterocycles. The van der Waals surface area contributed by atoms with Gasteiger partial charge in [0.05, 0.1) is 28.4 Å². The van der Waals surface area contributed by atoms with E-state index in [0.717, 1.165) is 34.1 Å². The number of amides is 10. The first-order valence-corrected chi connectivity index (χ1v) is 38.5. The highest BCUT2D eigenvalue weighted by Crippen LogP contribution is 2.25. The van der Waals surface area contributed by atoms with Crippen molar-refractivity contribution in [2.24, 2.45) is 11.5 Å². The third-order valence-corrected chi connectivity index (χ3v) is 20.8. The predicted molar refractivity (Wildman–Crippen MR) is 412 cm³/mol. The molecule has 0 bridgehead atoms. The average molecular weight is 1630 g/mol. The van der Waals surface area contributed by atoms with Gasteiger partial charge in [-0.2, -0.15) is 0 Å². The van der Waals surface area contributed by atoms with Crippen LogP contribution in [0.2, 0.25) is 0 Å². The highest BCUT2D eigenvalue weighted by Gasteiger charge is 2.39. The van der Waals surface area contributed by atoms with Gasteiger partial charge in [0.15, 0.2) is 0 Å². The molecule has 107 heavy (non-hydrogen) atoms. The number of fused-ring (bicyclic) bond motifs is 1. The molecule has 1 aromatic heterocycles. The number of carboxylic acids is 1. The summed E-state index contributed by atoms with van der Waals surface area (Å²) in [7, 11) is 1.82. The molecule has 1 aliphatic rings. The van der Waals surface area contributed by atoms with Crippen molar-refractivity contribution in [3.63, 3.8) is 0 Å². The van der Waals surface area contributed by atoms with E-state index in [2.05, 4.69) is 63.5 Å². The number of nitrogens with two attached hydrogens (primary N) is 2. The molecule has 13 atom stereocenters. The van der Waals surface area contributed by atoms with Crippen LogP contribution in [0.4, 0.5) is 0 Å². The standard InChI is InChI=1S/C74H95IN14O16S2/c1-40(2)78-35-46-24-22-45(23-25-46)32-56-69(99)88-62(41(3)91)72(102)85-57(33-47-26-27-61(93)50(75)29-47)70(100)89-63(42(4)92)73(103)86-59(37-90)71(101)87-60(74(104)105)39-107-106-38-51(77)64(94)80-53(21-13-14-28-76)65(95)81-54(30-43-15-7-5-8-16-43)66(96)82-55(31-44-17-9-6-10-18-44)67(97)84-58(68(98)83-56)34-48-36-79-52-20-12-11-19-49(48)52/h5-12,15-20,22-27,29,36,40-42,51,53-60,62-63,78-79,90-93H,13-14,21,28,30-35,37-39,76-77H2,1-4H3,(H,80,94)(H,81,95)(H,82,96)(H,83,98)(H,84,97)(H,85,102)(H,86,103)(H,87,101)(H,88,99)(H,89,100)(H,104,105)/t41-,42-,51+,53+,54+,55+,56+,57+,58-,59+,60+,62+,63+/m1/s1/i75-2. The van der Waals surface area contributed by atoms with E-state index >= 15 is 19.2 Å². The number of unbranched alkanes of at least 4 members (excludes halogenated alkanes) is 1. The molecule has 33 heteroatoms. The lowest BCUT2D eigenvalue weighted by Crippen LogP contribution is -2.63. The van der Waals surface area contributed by atoms with Crippen LogP contribution in [0.1, 0.15) is 80.3 Å². The van der Waals surface area contributed by atoms with Gasteiger partial charge in [-0.05, 0) is 114 Å². The van der Waals surface area contributed by atoms with Gasteiger partial charge in [0.25, 0.3) is 0 Å². The second-order valence-corrected chi connectivity index (χ2v) is 30.1. The maximum atomic E-state index is 15.6. The van der Waals surface area contributed by atoms with E-state index in [1.807, 2.05) is 48.6 Å². The number of phenols is 1. The Kier molecular flexibility index (Phi) is 33.7. The van der Waals surface area contributed by atoms with Crippen LogP contribution in [-0.4, -0.2) is 205 Å². The number of aromatic amines is 1. The number of benzene rings is 5. The Morgan fingerprint density at radius 3 is 1.42 bits per heavy atom. The fraction of sp³-hybridized carbons (Fsp3) is 0.419. The van der Waals surface area contributed by atoms with Gasteiger partial charge >= 0.3 is 5.97 Å². The lowest BCUT2D eigenvalue weighted by Gasteiger charge is -2.29. The normalized spacial score (nSPS) is 23.6. The number of nitrogens with one attached hydrogen (secondary N) is 12. The minimum absolute atomic E-state index is 0.0229. The molecule has 0 unspecified atom stereocenters. The van der Waals surface area contributed by atoms with Crippen LogP contribution in [0.25, 0.3) is 10.9 Å². The second kappa shape index (κ2) is 42.4. The Morgan fingerprint density at radius 1 is 0.505 bits per heavy atom. The Bertz CT molecular complexity index is 4010. The number of carboxylic acid groups (broad SMARTS) is 1. The lowest BCUT2D eigenvalue weighted by molar-refractivity contribution is -0.142. The molecule has 0 spiro atoms. The summed E-state index contributed by atoms with van der Waals surface area (Å²) in [5, 5.41) is 83.5.